The Hall–Kier alpha value is -5.82. The number of amides is 2. The number of aliphatic imine (C=N–C) groups is 2. The molecule has 0 saturated carbocycles. The molecule has 3 aromatic carbocycles. The van der Waals surface area contributed by atoms with E-state index in [4.69, 9.17) is 28.2 Å². The molecule has 0 unspecified atom stereocenters. The number of hydrogen-bond acceptors (Lipinski definition) is 11. The van der Waals surface area contributed by atoms with E-state index in [-0.39, 0.29) is 44.4 Å². The zero-order chi connectivity index (χ0) is 44.9. The molecule has 2 aliphatic heterocycles. The molecule has 2 aromatic heterocycles. The van der Waals surface area contributed by atoms with Gasteiger partial charge in [0.1, 0.15) is 23.7 Å². The lowest BCUT2D eigenvalue weighted by Gasteiger charge is -2.33. The van der Waals surface area contributed by atoms with E-state index in [1.165, 1.54) is 65.7 Å². The summed E-state index contributed by atoms with van der Waals surface area (Å²) in [5.41, 5.74) is 2.38. The van der Waals surface area contributed by atoms with Crippen molar-refractivity contribution in [3.63, 3.8) is 0 Å². The van der Waals surface area contributed by atoms with Crippen LogP contribution < -0.4 is 10.6 Å². The van der Waals surface area contributed by atoms with Gasteiger partial charge >= 0.3 is 12.1 Å². The Bertz CT molecular complexity index is 2600. The lowest BCUT2D eigenvalue weighted by atomic mass is 9.94. The fraction of sp³-hybridized carbons (Fsp3) is 0.214. The topological polar surface area (TPSA) is 138 Å². The maximum atomic E-state index is 13.8. The van der Waals surface area contributed by atoms with Gasteiger partial charge in [-0.1, -0.05) is 65.7 Å². The number of ether oxygens (including phenoxy) is 1. The third-order valence-corrected chi connectivity index (χ3v) is 11.5. The van der Waals surface area contributed by atoms with Gasteiger partial charge < -0.3 is 15.4 Å². The Labute approximate surface area is 369 Å². The highest BCUT2D eigenvalue weighted by atomic mass is 35.5. The Morgan fingerprint density at radius 1 is 0.855 bits per heavy atom. The molecule has 3 atom stereocenters. The van der Waals surface area contributed by atoms with Crippen LogP contribution in [-0.2, 0) is 19.1 Å². The molecule has 7 rings (SSSR count). The Balaban J connectivity index is 0.000000211. The zero-order valence-electron chi connectivity index (χ0n) is 32.9. The van der Waals surface area contributed by atoms with Crippen molar-refractivity contribution in [2.24, 2.45) is 9.98 Å². The van der Waals surface area contributed by atoms with E-state index >= 15 is 0 Å². The normalized spacial score (nSPS) is 17.0. The van der Waals surface area contributed by atoms with Crippen molar-refractivity contribution < 1.29 is 41.1 Å². The van der Waals surface area contributed by atoms with Gasteiger partial charge in [0.15, 0.2) is 28.3 Å². The van der Waals surface area contributed by atoms with Crippen LogP contribution in [0.3, 0.4) is 0 Å². The fourth-order valence-electron chi connectivity index (χ4n) is 6.49. The number of nitrogens with zero attached hydrogens (tertiary/aromatic N) is 5. The number of carbonyl (C=O) groups is 3. The first-order valence-electron chi connectivity index (χ1n) is 18.4. The van der Waals surface area contributed by atoms with Crippen LogP contribution in [0.2, 0.25) is 10.0 Å². The maximum Gasteiger partial charge on any atom is 0.422 e. The summed E-state index contributed by atoms with van der Waals surface area (Å²) in [7, 11) is 0. The molecule has 0 saturated heterocycles. The second-order valence-electron chi connectivity index (χ2n) is 13.6. The SMILES string of the molecule is CC(=O)N1C(c2nccs2)=N[C@@H](c2ccc(F)cc2Cl)C(C(=O)N[C@H](C)c2ccccc2)=C1C.CC1=C(C(=O)OCC(F)(F)F)[C@H](c2ccc(F)cc2Cl)N=C(c2nccs2)N1. The van der Waals surface area contributed by atoms with Crippen molar-refractivity contribution in [3.05, 3.63) is 161 Å². The molecule has 2 amide bonds. The van der Waals surface area contributed by atoms with E-state index in [1.807, 2.05) is 37.3 Å². The third-order valence-electron chi connectivity index (χ3n) is 9.27. The van der Waals surface area contributed by atoms with Gasteiger partial charge in [-0.2, -0.15) is 13.2 Å². The summed E-state index contributed by atoms with van der Waals surface area (Å²) in [5.74, 6) is -2.38. The number of carbonyl (C=O) groups excluding carboxylic acids is 3. The smallest absolute Gasteiger partial charge is 0.422 e. The molecular formula is C42H34Cl2F5N7O4S2. The van der Waals surface area contributed by atoms with Gasteiger partial charge in [-0.25, -0.2) is 23.5 Å². The Morgan fingerprint density at radius 3 is 1.94 bits per heavy atom. The van der Waals surface area contributed by atoms with Crippen LogP contribution in [0, 0.1) is 11.6 Å². The van der Waals surface area contributed by atoms with Crippen LogP contribution in [0.15, 0.2) is 122 Å². The highest BCUT2D eigenvalue weighted by Gasteiger charge is 2.38. The van der Waals surface area contributed by atoms with Crippen molar-refractivity contribution in [1.29, 1.82) is 0 Å². The molecule has 0 bridgehead atoms. The number of benzene rings is 3. The second-order valence-corrected chi connectivity index (χ2v) is 16.2. The number of nitrogens with one attached hydrogen (secondary N) is 2. The van der Waals surface area contributed by atoms with Crippen LogP contribution in [0.5, 0.6) is 0 Å². The molecular weight excluding hydrogens is 897 g/mol. The Kier molecular flexibility index (Phi) is 14.4. The van der Waals surface area contributed by atoms with Crippen LogP contribution in [0.25, 0.3) is 0 Å². The van der Waals surface area contributed by atoms with Crippen LogP contribution in [0.1, 0.15) is 72.5 Å². The largest absolute Gasteiger partial charge is 0.453 e. The standard InChI is InChI=1S/C25H22ClFN4O2S.C17H12ClF4N3O2S/c1-14(17-7-5-4-6-8-17)29-24(33)21-15(2)31(16(3)32)23(25-28-11-12-34-25)30-22(21)19-10-9-18(27)13-20(19)26;1-8-12(16(26)27-7-17(20,21)22)13(10-3-2-9(19)6-11(10)18)25-14(24-8)15-23-4-5-28-15/h4-14,22H,1-3H3,(H,29,33);2-6,13H,7H2,1H3,(H,24,25)/t14-,22+;13-/m10/s1. The lowest BCUT2D eigenvalue weighted by molar-refractivity contribution is -0.183. The first-order valence-corrected chi connectivity index (χ1v) is 20.9. The van der Waals surface area contributed by atoms with Crippen molar-refractivity contribution in [3.8, 4) is 0 Å². The summed E-state index contributed by atoms with van der Waals surface area (Å²) >= 11 is 15.1. The van der Waals surface area contributed by atoms with E-state index in [0.717, 1.165) is 17.7 Å². The fourth-order valence-corrected chi connectivity index (χ4v) is 8.24. The minimum absolute atomic E-state index is 0.0249. The summed E-state index contributed by atoms with van der Waals surface area (Å²) in [6, 6.07) is 14.7. The lowest BCUT2D eigenvalue weighted by Crippen LogP contribution is -2.42. The first kappa shape index (κ1) is 45.7. The number of thiazole rings is 2. The maximum absolute atomic E-state index is 13.8. The number of allylic oxidation sites excluding steroid dienone is 2. The highest BCUT2D eigenvalue weighted by Crippen LogP contribution is 2.40. The van der Waals surface area contributed by atoms with Crippen LogP contribution in [0.4, 0.5) is 22.0 Å². The summed E-state index contributed by atoms with van der Waals surface area (Å²) < 4.78 is 69.0. The number of alkyl halides is 3. The van der Waals surface area contributed by atoms with Gasteiger partial charge in [0.25, 0.3) is 5.91 Å². The van der Waals surface area contributed by atoms with Crippen molar-refractivity contribution >= 4 is 75.3 Å². The molecule has 0 radical (unpaired) electrons. The van der Waals surface area contributed by atoms with Crippen LogP contribution >= 0.6 is 45.9 Å². The first-order chi connectivity index (χ1) is 29.4. The summed E-state index contributed by atoms with van der Waals surface area (Å²) in [6.45, 7) is 4.72. The minimum Gasteiger partial charge on any atom is -0.453 e. The van der Waals surface area contributed by atoms with Gasteiger partial charge in [0.2, 0.25) is 5.91 Å². The van der Waals surface area contributed by atoms with Gasteiger partial charge in [-0.15, -0.1) is 22.7 Å². The van der Waals surface area contributed by atoms with Gasteiger partial charge in [-0.3, -0.25) is 24.5 Å². The summed E-state index contributed by atoms with van der Waals surface area (Å²) in [5, 5.41) is 10.5. The summed E-state index contributed by atoms with van der Waals surface area (Å²) in [6.07, 6.45) is -1.51. The van der Waals surface area contributed by atoms with Crippen molar-refractivity contribution in [2.75, 3.05) is 6.61 Å². The van der Waals surface area contributed by atoms with E-state index in [1.54, 1.807) is 30.1 Å². The summed E-state index contributed by atoms with van der Waals surface area (Å²) in [4.78, 5) is 57.6. The van der Waals surface area contributed by atoms with E-state index in [2.05, 4.69) is 30.3 Å². The number of amidine groups is 2. The Morgan fingerprint density at radius 2 is 1.42 bits per heavy atom. The molecule has 0 fully saturated rings. The van der Waals surface area contributed by atoms with Gasteiger partial charge in [-0.05, 0) is 50.6 Å². The molecule has 322 valence electrons. The predicted octanol–water partition coefficient (Wildman–Crippen LogP) is 9.84. The molecule has 0 spiro atoms. The molecule has 2 aliphatic rings. The number of rotatable bonds is 9. The van der Waals surface area contributed by atoms with E-state index in [9.17, 15) is 36.3 Å². The molecule has 62 heavy (non-hydrogen) atoms. The molecule has 5 aromatic rings. The minimum atomic E-state index is -4.68. The van der Waals surface area contributed by atoms with Gasteiger partial charge in [0.05, 0.1) is 17.2 Å². The van der Waals surface area contributed by atoms with Crippen LogP contribution in [-0.4, -0.2) is 57.1 Å². The van der Waals surface area contributed by atoms with E-state index in [0.29, 0.717) is 32.9 Å². The zero-order valence-corrected chi connectivity index (χ0v) is 36.1. The van der Waals surface area contributed by atoms with E-state index < -0.39 is 48.4 Å². The quantitative estimate of drug-likeness (QED) is 0.111. The second kappa shape index (κ2) is 19.5. The molecule has 20 heteroatoms. The molecule has 11 nitrogen and oxygen atoms in total. The third kappa shape index (κ3) is 10.6. The average Bonchev–Trinajstić information content (AvgIpc) is 3.96. The average molecular weight is 931 g/mol. The predicted molar refractivity (Wildman–Crippen MR) is 227 cm³/mol. The molecule has 0 aliphatic carbocycles. The highest BCUT2D eigenvalue weighted by molar-refractivity contribution is 7.12. The molecule has 4 heterocycles. The number of hydrogen-bond donors (Lipinski definition) is 2. The molecule has 2 N–H and O–H groups in total. The number of esters is 1. The monoisotopic (exact) mass is 929 g/mol. The number of aromatic nitrogens is 2. The van der Waals surface area contributed by atoms with Crippen molar-refractivity contribution in [2.45, 2.75) is 52.0 Å². The number of halogens is 7. The van der Waals surface area contributed by atoms with Gasteiger partial charge in [0, 0.05) is 62.6 Å². The van der Waals surface area contributed by atoms with Crippen molar-refractivity contribution in [1.82, 2.24) is 25.5 Å².